The van der Waals surface area contributed by atoms with Crippen molar-refractivity contribution in [1.29, 1.82) is 0 Å². The van der Waals surface area contributed by atoms with Crippen LogP contribution in [0.2, 0.25) is 0 Å². The summed E-state index contributed by atoms with van der Waals surface area (Å²) in [5.41, 5.74) is -0.369. The molecule has 2 aliphatic heterocycles. The highest BCUT2D eigenvalue weighted by molar-refractivity contribution is 8.03. The van der Waals surface area contributed by atoms with E-state index in [2.05, 4.69) is 28.4 Å². The molecule has 1 unspecified atom stereocenters. The van der Waals surface area contributed by atoms with Gasteiger partial charge in [0.1, 0.15) is 0 Å². The van der Waals surface area contributed by atoms with Crippen molar-refractivity contribution in [3.8, 4) is 0 Å². The smallest absolute Gasteiger partial charge is 0.313 e. The first-order chi connectivity index (χ1) is 10.7. The Morgan fingerprint density at radius 1 is 1.32 bits per heavy atom. The molecule has 2 aliphatic rings. The van der Waals surface area contributed by atoms with Gasteiger partial charge < -0.3 is 9.47 Å². The van der Waals surface area contributed by atoms with Gasteiger partial charge in [-0.3, -0.25) is 9.69 Å². The summed E-state index contributed by atoms with van der Waals surface area (Å²) >= 11 is 4.10. The molecule has 0 spiro atoms. The van der Waals surface area contributed by atoms with E-state index in [1.165, 1.54) is 23.0 Å². The molecule has 0 radical (unpaired) electrons. The second kappa shape index (κ2) is 9.40. The Labute approximate surface area is 143 Å². The summed E-state index contributed by atoms with van der Waals surface area (Å²) < 4.78 is 10.7. The highest BCUT2D eigenvalue weighted by atomic mass is 32.2. The zero-order valence-corrected chi connectivity index (χ0v) is 15.5. The van der Waals surface area contributed by atoms with Gasteiger partial charge in [0.15, 0.2) is 0 Å². The van der Waals surface area contributed by atoms with E-state index in [0.29, 0.717) is 19.3 Å². The molecule has 0 saturated carbocycles. The first kappa shape index (κ1) is 18.4. The summed E-state index contributed by atoms with van der Waals surface area (Å²) in [5, 5.41) is 0. The second-order valence-electron chi connectivity index (χ2n) is 6.12. The number of ether oxygens (including phenoxy) is 2. The number of hydrogen-bond acceptors (Lipinski definition) is 6. The molecular formula is C16H29NO3S2. The number of hydrogen-bond donors (Lipinski definition) is 0. The van der Waals surface area contributed by atoms with E-state index in [-0.39, 0.29) is 11.4 Å². The van der Waals surface area contributed by atoms with Gasteiger partial charge in [-0.15, -0.1) is 0 Å². The van der Waals surface area contributed by atoms with Gasteiger partial charge in [0, 0.05) is 49.3 Å². The fourth-order valence-electron chi connectivity index (χ4n) is 3.35. The van der Waals surface area contributed by atoms with Crippen LogP contribution in [0.4, 0.5) is 0 Å². The largest absolute Gasteiger partial charge is 0.466 e. The lowest BCUT2D eigenvalue weighted by molar-refractivity contribution is -0.161. The molecule has 1 atom stereocenters. The Balaban J connectivity index is 2.06. The lowest BCUT2D eigenvalue weighted by Gasteiger charge is -2.44. The van der Waals surface area contributed by atoms with E-state index in [4.69, 9.17) is 9.47 Å². The van der Waals surface area contributed by atoms with Crippen LogP contribution < -0.4 is 0 Å². The third kappa shape index (κ3) is 4.79. The Morgan fingerprint density at radius 2 is 2.05 bits per heavy atom. The number of thioether (sulfide) groups is 2. The molecule has 0 aliphatic carbocycles. The first-order valence-electron chi connectivity index (χ1n) is 8.27. The molecule has 2 rings (SSSR count). The molecule has 0 bridgehead atoms. The summed E-state index contributed by atoms with van der Waals surface area (Å²) in [4.78, 5) is 15.2. The average Bonchev–Trinajstić information content (AvgIpc) is 2.82. The minimum atomic E-state index is -0.369. The average molecular weight is 348 g/mol. The fourth-order valence-corrected chi connectivity index (χ4v) is 5.98. The topological polar surface area (TPSA) is 38.8 Å². The highest BCUT2D eigenvalue weighted by Crippen LogP contribution is 2.37. The van der Waals surface area contributed by atoms with Gasteiger partial charge in [-0.1, -0.05) is 0 Å². The predicted octanol–water partition coefficient (Wildman–Crippen LogP) is 2.52. The van der Waals surface area contributed by atoms with E-state index < -0.39 is 0 Å². The Bertz CT molecular complexity index is 348. The van der Waals surface area contributed by atoms with Crippen molar-refractivity contribution in [1.82, 2.24) is 4.90 Å². The molecule has 0 amide bonds. The molecule has 0 N–H and O–H groups in total. The third-order valence-corrected chi connectivity index (χ3v) is 7.09. The molecule has 4 nitrogen and oxygen atoms in total. The third-order valence-electron chi connectivity index (χ3n) is 4.61. The monoisotopic (exact) mass is 347 g/mol. The number of carbonyl (C=O) groups is 1. The van der Waals surface area contributed by atoms with Crippen LogP contribution in [-0.4, -0.2) is 73.3 Å². The lowest BCUT2D eigenvalue weighted by Crippen LogP contribution is -2.53. The summed E-state index contributed by atoms with van der Waals surface area (Å²) in [6.07, 6.45) is 2.78. The molecule has 0 aromatic rings. The van der Waals surface area contributed by atoms with Crippen LogP contribution >= 0.6 is 23.5 Å². The van der Waals surface area contributed by atoms with Crippen LogP contribution in [0.15, 0.2) is 0 Å². The zero-order chi connectivity index (χ0) is 15.8. The maximum absolute atomic E-state index is 12.6. The quantitative estimate of drug-likeness (QED) is 0.688. The number of piperidine rings is 1. The van der Waals surface area contributed by atoms with Crippen LogP contribution in [-0.2, 0) is 14.3 Å². The number of methoxy groups -OCH3 is 1. The van der Waals surface area contributed by atoms with Crippen LogP contribution in [0.5, 0.6) is 0 Å². The van der Waals surface area contributed by atoms with Crippen LogP contribution in [0, 0.1) is 5.41 Å². The van der Waals surface area contributed by atoms with Crippen molar-refractivity contribution in [3.05, 3.63) is 0 Å². The second-order valence-corrected chi connectivity index (χ2v) is 8.42. The molecule has 128 valence electrons. The summed E-state index contributed by atoms with van der Waals surface area (Å²) in [6.45, 7) is 4.92. The van der Waals surface area contributed by atoms with Crippen LogP contribution in [0.3, 0.4) is 0 Å². The summed E-state index contributed by atoms with van der Waals surface area (Å²) in [7, 11) is 1.71. The molecule has 2 saturated heterocycles. The van der Waals surface area contributed by atoms with Crippen LogP contribution in [0.1, 0.15) is 26.2 Å². The molecule has 22 heavy (non-hydrogen) atoms. The zero-order valence-electron chi connectivity index (χ0n) is 13.8. The standard InChI is InChI=1S/C16H29NO3S2/c1-3-20-15(18)16(6-8-19-2)5-4-7-17(13-16)14-11-21-9-10-22-12-14/h14H,3-13H2,1-2H3. The Hall–Kier alpha value is 0.0900. The van der Waals surface area contributed by atoms with Crippen molar-refractivity contribution in [2.45, 2.75) is 32.2 Å². The fraction of sp³-hybridized carbons (Fsp3) is 0.938. The number of esters is 1. The Kier molecular flexibility index (Phi) is 7.88. The van der Waals surface area contributed by atoms with Crippen molar-refractivity contribution in [2.75, 3.05) is 56.4 Å². The summed E-state index contributed by atoms with van der Waals surface area (Å²) in [5.74, 6) is 4.86. The van der Waals surface area contributed by atoms with Crippen LogP contribution in [0.25, 0.3) is 0 Å². The molecule has 2 heterocycles. The van der Waals surface area contributed by atoms with E-state index >= 15 is 0 Å². The van der Waals surface area contributed by atoms with Crippen molar-refractivity contribution in [2.24, 2.45) is 5.41 Å². The van der Waals surface area contributed by atoms with Crippen molar-refractivity contribution in [3.63, 3.8) is 0 Å². The van der Waals surface area contributed by atoms with Crippen molar-refractivity contribution >= 4 is 29.5 Å². The van der Waals surface area contributed by atoms with Gasteiger partial charge in [-0.25, -0.2) is 0 Å². The van der Waals surface area contributed by atoms with E-state index in [0.717, 1.165) is 32.4 Å². The minimum Gasteiger partial charge on any atom is -0.466 e. The van der Waals surface area contributed by atoms with Gasteiger partial charge in [-0.05, 0) is 32.7 Å². The van der Waals surface area contributed by atoms with Gasteiger partial charge in [0.05, 0.1) is 12.0 Å². The summed E-state index contributed by atoms with van der Waals surface area (Å²) in [6, 6.07) is 0.592. The maximum atomic E-state index is 12.6. The molecular weight excluding hydrogens is 318 g/mol. The van der Waals surface area contributed by atoms with E-state index in [1.807, 2.05) is 6.92 Å². The number of carbonyl (C=O) groups excluding carboxylic acids is 1. The van der Waals surface area contributed by atoms with E-state index in [9.17, 15) is 4.79 Å². The predicted molar refractivity (Wildman–Crippen MR) is 94.8 cm³/mol. The van der Waals surface area contributed by atoms with Gasteiger partial charge in [0.25, 0.3) is 0 Å². The number of rotatable bonds is 6. The van der Waals surface area contributed by atoms with Gasteiger partial charge >= 0.3 is 5.97 Å². The molecule has 0 aromatic heterocycles. The first-order valence-corrected chi connectivity index (χ1v) is 10.6. The Morgan fingerprint density at radius 3 is 2.68 bits per heavy atom. The van der Waals surface area contributed by atoms with Crippen molar-refractivity contribution < 1.29 is 14.3 Å². The lowest BCUT2D eigenvalue weighted by atomic mass is 9.77. The normalized spacial score (nSPS) is 28.3. The van der Waals surface area contributed by atoms with E-state index in [1.54, 1.807) is 7.11 Å². The maximum Gasteiger partial charge on any atom is 0.313 e. The minimum absolute atomic E-state index is 0.0225. The molecule has 2 fully saturated rings. The highest BCUT2D eigenvalue weighted by Gasteiger charge is 2.44. The van der Waals surface area contributed by atoms with Gasteiger partial charge in [0.2, 0.25) is 0 Å². The molecule has 6 heteroatoms. The van der Waals surface area contributed by atoms with Gasteiger partial charge in [-0.2, -0.15) is 23.5 Å². The number of likely N-dealkylation sites (tertiary alicyclic amines) is 1. The SMILES string of the molecule is CCOC(=O)C1(CCOC)CCCN(C2CSCCSC2)C1. The number of nitrogens with zero attached hydrogens (tertiary/aromatic N) is 1. The molecule has 0 aromatic carbocycles.